The lowest BCUT2D eigenvalue weighted by Crippen LogP contribution is -2.32. The smallest absolute Gasteiger partial charge is 0.127 e. The van der Waals surface area contributed by atoms with E-state index in [9.17, 15) is 4.39 Å². The third-order valence-electron chi connectivity index (χ3n) is 3.60. The van der Waals surface area contributed by atoms with Crippen molar-refractivity contribution >= 4 is 0 Å². The molecule has 2 atom stereocenters. The first-order chi connectivity index (χ1) is 9.16. The second kappa shape index (κ2) is 6.98. The minimum Gasteiger partial charge on any atom is -0.377 e. The zero-order valence-corrected chi connectivity index (χ0v) is 11.5. The quantitative estimate of drug-likeness (QED) is 0.909. The normalized spacial score (nSPS) is 23.0. The van der Waals surface area contributed by atoms with Crippen molar-refractivity contribution in [3.8, 4) is 0 Å². The van der Waals surface area contributed by atoms with Gasteiger partial charge in [-0.05, 0) is 25.8 Å². The van der Waals surface area contributed by atoms with Gasteiger partial charge in [0.25, 0.3) is 0 Å². The van der Waals surface area contributed by atoms with E-state index in [2.05, 4.69) is 11.8 Å². The van der Waals surface area contributed by atoms with E-state index in [-0.39, 0.29) is 18.0 Å². The Morgan fingerprint density at radius 1 is 1.47 bits per heavy atom. The van der Waals surface area contributed by atoms with Gasteiger partial charge in [0, 0.05) is 37.8 Å². The molecule has 0 radical (unpaired) electrons. The summed E-state index contributed by atoms with van der Waals surface area (Å²) < 4.78 is 19.2. The first kappa shape index (κ1) is 14.4. The van der Waals surface area contributed by atoms with Gasteiger partial charge in [-0.15, -0.1) is 0 Å². The Morgan fingerprint density at radius 3 is 3.05 bits per heavy atom. The fraction of sp³-hybridized carbons (Fsp3) is 0.600. The van der Waals surface area contributed by atoms with Crippen LogP contribution >= 0.6 is 0 Å². The van der Waals surface area contributed by atoms with E-state index in [1.165, 1.54) is 6.07 Å². The average Bonchev–Trinajstić information content (AvgIpc) is 2.61. The molecular formula is C15H23FN2O. The number of benzene rings is 1. The van der Waals surface area contributed by atoms with E-state index >= 15 is 0 Å². The topological polar surface area (TPSA) is 38.5 Å². The highest BCUT2D eigenvalue weighted by atomic mass is 19.1. The van der Waals surface area contributed by atoms with Crippen molar-refractivity contribution in [2.45, 2.75) is 31.9 Å². The molecule has 2 N–H and O–H groups in total. The van der Waals surface area contributed by atoms with Gasteiger partial charge in [0.1, 0.15) is 5.82 Å². The highest BCUT2D eigenvalue weighted by molar-refractivity contribution is 5.20. The lowest BCUT2D eigenvalue weighted by atomic mass is 10.0. The number of halogens is 1. The number of nitrogens with zero attached hydrogens (tertiary/aromatic N) is 1. The van der Waals surface area contributed by atoms with Crippen molar-refractivity contribution < 1.29 is 9.13 Å². The van der Waals surface area contributed by atoms with Crippen molar-refractivity contribution in [1.82, 2.24) is 4.90 Å². The predicted molar refractivity (Wildman–Crippen MR) is 74.4 cm³/mol. The summed E-state index contributed by atoms with van der Waals surface area (Å²) in [5, 5.41) is 0. The van der Waals surface area contributed by atoms with Gasteiger partial charge in [0.05, 0.1) is 6.10 Å². The molecule has 1 heterocycles. The molecule has 1 aromatic rings. The summed E-state index contributed by atoms with van der Waals surface area (Å²) in [5.74, 6) is -0.206. The number of hydrogen-bond donors (Lipinski definition) is 1. The van der Waals surface area contributed by atoms with Crippen LogP contribution in [0.15, 0.2) is 24.3 Å². The van der Waals surface area contributed by atoms with Crippen LogP contribution in [0.25, 0.3) is 0 Å². The van der Waals surface area contributed by atoms with Crippen molar-refractivity contribution in [2.75, 3.05) is 26.2 Å². The molecule has 0 amide bonds. The van der Waals surface area contributed by atoms with E-state index in [0.717, 1.165) is 39.1 Å². The Kier molecular flexibility index (Phi) is 5.31. The molecule has 2 rings (SSSR count). The maximum Gasteiger partial charge on any atom is 0.127 e. The second-order valence-electron chi connectivity index (χ2n) is 5.25. The Hall–Kier alpha value is -0.970. The fourth-order valence-electron chi connectivity index (χ4n) is 2.54. The lowest BCUT2D eigenvalue weighted by Gasteiger charge is -2.23. The Labute approximate surface area is 114 Å². The van der Waals surface area contributed by atoms with E-state index in [0.29, 0.717) is 5.56 Å². The summed E-state index contributed by atoms with van der Waals surface area (Å²) in [6.07, 6.45) is 2.10. The molecule has 2 unspecified atom stereocenters. The van der Waals surface area contributed by atoms with Gasteiger partial charge in [-0.3, -0.25) is 0 Å². The number of hydrogen-bond acceptors (Lipinski definition) is 3. The molecule has 1 aromatic carbocycles. The van der Waals surface area contributed by atoms with E-state index in [1.807, 2.05) is 6.07 Å². The molecule has 0 aromatic heterocycles. The summed E-state index contributed by atoms with van der Waals surface area (Å²) >= 11 is 0. The maximum absolute atomic E-state index is 13.6. The highest BCUT2D eigenvalue weighted by Gasteiger charge is 2.17. The minimum absolute atomic E-state index is 0.206. The zero-order chi connectivity index (χ0) is 13.7. The molecule has 3 nitrogen and oxygen atoms in total. The summed E-state index contributed by atoms with van der Waals surface area (Å²) in [6, 6.07) is 6.53. The van der Waals surface area contributed by atoms with Gasteiger partial charge < -0.3 is 15.4 Å². The van der Waals surface area contributed by atoms with Crippen LogP contribution in [0.2, 0.25) is 0 Å². The number of nitrogens with two attached hydrogens (primary N) is 1. The van der Waals surface area contributed by atoms with Gasteiger partial charge in [-0.1, -0.05) is 18.2 Å². The largest absolute Gasteiger partial charge is 0.377 e. The SMILES string of the molecule is CC1CN(CCC(N)c2ccccc2F)CCCO1. The zero-order valence-electron chi connectivity index (χ0n) is 11.5. The summed E-state index contributed by atoms with van der Waals surface area (Å²) in [5.41, 5.74) is 6.70. The van der Waals surface area contributed by atoms with Crippen molar-refractivity contribution in [3.63, 3.8) is 0 Å². The molecule has 19 heavy (non-hydrogen) atoms. The summed E-state index contributed by atoms with van der Waals surface area (Å²) in [6.45, 7) is 5.79. The van der Waals surface area contributed by atoms with Gasteiger partial charge >= 0.3 is 0 Å². The van der Waals surface area contributed by atoms with Crippen LogP contribution in [0.4, 0.5) is 4.39 Å². The van der Waals surface area contributed by atoms with Crippen LogP contribution < -0.4 is 5.73 Å². The molecule has 4 heteroatoms. The molecule has 106 valence electrons. The van der Waals surface area contributed by atoms with Gasteiger partial charge in [-0.2, -0.15) is 0 Å². The molecule has 1 aliphatic heterocycles. The molecule has 0 saturated carbocycles. The number of rotatable bonds is 4. The van der Waals surface area contributed by atoms with Crippen molar-refractivity contribution in [2.24, 2.45) is 5.73 Å². The molecule has 1 saturated heterocycles. The summed E-state index contributed by atoms with van der Waals surface area (Å²) in [4.78, 5) is 2.36. The predicted octanol–water partition coefficient (Wildman–Crippen LogP) is 2.33. The third-order valence-corrected chi connectivity index (χ3v) is 3.60. The van der Waals surface area contributed by atoms with Crippen LogP contribution in [0.5, 0.6) is 0 Å². The van der Waals surface area contributed by atoms with Gasteiger partial charge in [-0.25, -0.2) is 4.39 Å². The van der Waals surface area contributed by atoms with Crippen LogP contribution in [0, 0.1) is 5.82 Å². The molecule has 0 aliphatic carbocycles. The fourth-order valence-corrected chi connectivity index (χ4v) is 2.54. The van der Waals surface area contributed by atoms with E-state index < -0.39 is 0 Å². The molecular weight excluding hydrogens is 243 g/mol. The number of ether oxygens (including phenoxy) is 1. The average molecular weight is 266 g/mol. The van der Waals surface area contributed by atoms with Gasteiger partial charge in [0.2, 0.25) is 0 Å². The molecule has 1 fully saturated rings. The molecule has 0 spiro atoms. The first-order valence-electron chi connectivity index (χ1n) is 7.01. The van der Waals surface area contributed by atoms with Crippen LogP contribution in [0.3, 0.4) is 0 Å². The Morgan fingerprint density at radius 2 is 2.26 bits per heavy atom. The lowest BCUT2D eigenvalue weighted by molar-refractivity contribution is 0.0673. The second-order valence-corrected chi connectivity index (χ2v) is 5.25. The monoisotopic (exact) mass is 266 g/mol. The molecule has 1 aliphatic rings. The standard InChI is InChI=1S/C15H23FN2O/c1-12-11-18(8-4-10-19-12)9-7-15(17)13-5-2-3-6-14(13)16/h2-3,5-6,12,15H,4,7-11,17H2,1H3. The Bertz CT molecular complexity index is 399. The van der Waals surface area contributed by atoms with E-state index in [4.69, 9.17) is 10.5 Å². The van der Waals surface area contributed by atoms with Crippen LogP contribution in [-0.4, -0.2) is 37.2 Å². The maximum atomic E-state index is 13.6. The van der Waals surface area contributed by atoms with Crippen LogP contribution in [-0.2, 0) is 4.74 Å². The van der Waals surface area contributed by atoms with Gasteiger partial charge in [0.15, 0.2) is 0 Å². The Balaban J connectivity index is 1.86. The summed E-state index contributed by atoms with van der Waals surface area (Å²) in [7, 11) is 0. The van der Waals surface area contributed by atoms with Crippen molar-refractivity contribution in [1.29, 1.82) is 0 Å². The van der Waals surface area contributed by atoms with E-state index in [1.54, 1.807) is 12.1 Å². The van der Waals surface area contributed by atoms with Crippen molar-refractivity contribution in [3.05, 3.63) is 35.6 Å². The molecule has 0 bridgehead atoms. The van der Waals surface area contributed by atoms with Crippen LogP contribution in [0.1, 0.15) is 31.4 Å². The highest BCUT2D eigenvalue weighted by Crippen LogP contribution is 2.18. The minimum atomic E-state index is -0.235. The first-order valence-corrected chi connectivity index (χ1v) is 7.01. The third kappa shape index (κ3) is 4.27.